The predicted octanol–water partition coefficient (Wildman–Crippen LogP) is 4.17. The molecule has 8 nitrogen and oxygen atoms in total. The fourth-order valence-corrected chi connectivity index (χ4v) is 4.05. The molecule has 13 heteroatoms. The van der Waals surface area contributed by atoms with Crippen LogP contribution in [0.1, 0.15) is 29.4 Å². The van der Waals surface area contributed by atoms with E-state index in [1.807, 2.05) is 0 Å². The van der Waals surface area contributed by atoms with Gasteiger partial charge in [0.1, 0.15) is 29.2 Å². The van der Waals surface area contributed by atoms with Crippen LogP contribution in [0.3, 0.4) is 0 Å². The molecular weight excluding hydrogens is 485 g/mol. The number of carbonyl (C=O) groups is 1. The highest BCUT2D eigenvalue weighted by molar-refractivity contribution is 6.06. The Morgan fingerprint density at radius 1 is 1.14 bits per heavy atom. The predicted molar refractivity (Wildman–Crippen MR) is 116 cm³/mol. The maximum Gasteiger partial charge on any atom is 0.407 e. The maximum absolute atomic E-state index is 14.5. The highest BCUT2D eigenvalue weighted by Gasteiger charge is 2.63. The molecule has 1 atom stereocenters. The third-order valence-corrected chi connectivity index (χ3v) is 6.11. The van der Waals surface area contributed by atoms with E-state index in [1.165, 1.54) is 29.8 Å². The van der Waals surface area contributed by atoms with E-state index >= 15 is 0 Å². The number of fused-ring (bicyclic) bond motifs is 2. The minimum absolute atomic E-state index is 0.0320. The van der Waals surface area contributed by atoms with Crippen LogP contribution in [0.2, 0.25) is 0 Å². The maximum atomic E-state index is 14.5. The van der Waals surface area contributed by atoms with Crippen LogP contribution < -0.4 is 5.32 Å². The Kier molecular flexibility index (Phi) is 5.03. The van der Waals surface area contributed by atoms with Crippen molar-refractivity contribution in [3.8, 4) is 17.6 Å². The number of alkyl halides is 3. The van der Waals surface area contributed by atoms with Crippen molar-refractivity contribution in [1.82, 2.24) is 24.7 Å². The number of hydrogen-bond acceptors (Lipinski definition) is 6. The summed E-state index contributed by atoms with van der Waals surface area (Å²) in [7, 11) is 0. The van der Waals surface area contributed by atoms with Crippen molar-refractivity contribution < 1.29 is 26.7 Å². The summed E-state index contributed by atoms with van der Waals surface area (Å²) in [5, 5.41) is 16.1. The first-order chi connectivity index (χ1) is 17.0. The van der Waals surface area contributed by atoms with E-state index in [0.29, 0.717) is 6.92 Å². The van der Waals surface area contributed by atoms with E-state index in [9.17, 15) is 32.0 Å². The van der Waals surface area contributed by atoms with Gasteiger partial charge in [0.2, 0.25) is 5.91 Å². The van der Waals surface area contributed by atoms with Gasteiger partial charge < -0.3 is 5.32 Å². The first-order valence-electron chi connectivity index (χ1n) is 10.4. The van der Waals surface area contributed by atoms with Crippen LogP contribution in [0.25, 0.3) is 22.6 Å². The highest BCUT2D eigenvalue weighted by Crippen LogP contribution is 2.49. The molecule has 3 aromatic heterocycles. The van der Waals surface area contributed by atoms with Crippen LogP contribution in [0.4, 0.5) is 27.8 Å². The molecule has 0 spiro atoms. The zero-order valence-electron chi connectivity index (χ0n) is 18.6. The second-order valence-corrected chi connectivity index (χ2v) is 8.33. The first-order valence-corrected chi connectivity index (χ1v) is 10.4. The van der Waals surface area contributed by atoms with E-state index in [4.69, 9.17) is 0 Å². The van der Waals surface area contributed by atoms with Gasteiger partial charge >= 0.3 is 6.18 Å². The van der Waals surface area contributed by atoms with Crippen LogP contribution >= 0.6 is 0 Å². The summed E-state index contributed by atoms with van der Waals surface area (Å²) in [4.78, 5) is 24.5. The number of hydrogen-bond donors (Lipinski definition) is 1. The molecule has 0 aliphatic carbocycles. The van der Waals surface area contributed by atoms with Gasteiger partial charge in [-0.05, 0) is 26.0 Å². The summed E-state index contributed by atoms with van der Waals surface area (Å²) in [5.74, 6) is -3.46. The number of benzene rings is 1. The number of aromatic nitrogens is 5. The lowest BCUT2D eigenvalue weighted by Crippen LogP contribution is -2.45. The average Bonchev–Trinajstić information content (AvgIpc) is 3.29. The number of nitrogens with zero attached hydrogens (tertiary/aromatic N) is 6. The molecule has 1 aliphatic rings. The monoisotopic (exact) mass is 499 g/mol. The Morgan fingerprint density at radius 2 is 1.86 bits per heavy atom. The molecular formula is C23H14F5N7O. The summed E-state index contributed by atoms with van der Waals surface area (Å²) in [6, 6.07) is 8.59. The zero-order valence-corrected chi connectivity index (χ0v) is 18.6. The summed E-state index contributed by atoms with van der Waals surface area (Å²) < 4.78 is 71.5. The van der Waals surface area contributed by atoms with Crippen molar-refractivity contribution in [1.29, 1.82) is 5.26 Å². The normalized spacial score (nSPS) is 17.2. The zero-order chi connectivity index (χ0) is 26.0. The van der Waals surface area contributed by atoms with Gasteiger partial charge in [-0.1, -0.05) is 18.2 Å². The van der Waals surface area contributed by atoms with Gasteiger partial charge in [0.25, 0.3) is 0 Å². The van der Waals surface area contributed by atoms with E-state index in [-0.39, 0.29) is 40.4 Å². The second kappa shape index (κ2) is 7.77. The van der Waals surface area contributed by atoms with Gasteiger partial charge in [-0.25, -0.2) is 28.4 Å². The minimum atomic E-state index is -5.03. The lowest BCUT2D eigenvalue weighted by atomic mass is 9.82. The van der Waals surface area contributed by atoms with E-state index < -0.39 is 46.2 Å². The van der Waals surface area contributed by atoms with Gasteiger partial charge in [-0.2, -0.15) is 23.5 Å². The van der Waals surface area contributed by atoms with Crippen LogP contribution in [0.5, 0.6) is 0 Å². The van der Waals surface area contributed by atoms with Crippen LogP contribution in [0, 0.1) is 29.9 Å². The fourth-order valence-electron chi connectivity index (χ4n) is 4.05. The molecule has 1 aromatic carbocycles. The number of aryl methyl sites for hydroxylation is 1. The molecule has 1 unspecified atom stereocenters. The number of halogens is 5. The summed E-state index contributed by atoms with van der Waals surface area (Å²) >= 11 is 0. The highest BCUT2D eigenvalue weighted by atomic mass is 19.4. The SMILES string of the molecule is Cc1nc2c(cc1F)c(-c1nc(C#N)c3c(n1)NC(=O)C3(C)C(F)(F)F)nn2Cc1ccccc1F. The molecule has 5 rings (SSSR count). The number of anilines is 1. The first kappa shape index (κ1) is 23.3. The van der Waals surface area contributed by atoms with Crippen LogP contribution in [-0.2, 0) is 16.8 Å². The van der Waals surface area contributed by atoms with Gasteiger partial charge in [0.05, 0.1) is 23.2 Å². The van der Waals surface area contributed by atoms with Crippen molar-refractivity contribution in [2.24, 2.45) is 0 Å². The van der Waals surface area contributed by atoms with Gasteiger partial charge in [0.15, 0.2) is 22.6 Å². The molecule has 1 amide bonds. The number of nitriles is 1. The standard InChI is InChI=1S/C23H14F5N7O/c1-10-14(25)7-12-17(34-35(20(12)30-10)9-11-5-3-4-6-13(11)24)19-31-15(8-29)16-18(32-19)33-21(36)22(16,2)23(26,27)28/h3-7H,9H2,1-2H3,(H,31,32,33,36). The quantitative estimate of drug-likeness (QED) is 0.424. The van der Waals surface area contributed by atoms with Crippen molar-refractivity contribution in [3.63, 3.8) is 0 Å². The lowest BCUT2D eigenvalue weighted by Gasteiger charge is -2.25. The van der Waals surface area contributed by atoms with Crippen LogP contribution in [-0.4, -0.2) is 36.8 Å². The molecule has 1 aliphatic heterocycles. The molecule has 0 saturated carbocycles. The molecule has 0 fully saturated rings. The molecule has 4 heterocycles. The molecule has 0 radical (unpaired) electrons. The number of nitrogens with one attached hydrogen (secondary N) is 1. The largest absolute Gasteiger partial charge is 0.407 e. The molecule has 0 saturated heterocycles. The van der Waals surface area contributed by atoms with E-state index in [2.05, 4.69) is 25.4 Å². The molecule has 182 valence electrons. The Hall–Kier alpha value is -4.47. The van der Waals surface area contributed by atoms with E-state index in [1.54, 1.807) is 12.1 Å². The third kappa shape index (κ3) is 3.29. The Labute approximate surface area is 199 Å². The lowest BCUT2D eigenvalue weighted by molar-refractivity contribution is -0.186. The Balaban J connectivity index is 1.74. The van der Waals surface area contributed by atoms with Gasteiger partial charge in [-0.3, -0.25) is 4.79 Å². The number of amides is 1. The smallest absolute Gasteiger partial charge is 0.309 e. The molecule has 0 bridgehead atoms. The number of rotatable bonds is 3. The molecule has 1 N–H and O–H groups in total. The van der Waals surface area contributed by atoms with Gasteiger partial charge in [0, 0.05) is 5.56 Å². The number of pyridine rings is 1. The van der Waals surface area contributed by atoms with Gasteiger partial charge in [-0.15, -0.1) is 0 Å². The van der Waals surface area contributed by atoms with E-state index in [0.717, 1.165) is 6.07 Å². The average molecular weight is 499 g/mol. The second-order valence-electron chi connectivity index (χ2n) is 8.33. The summed E-state index contributed by atoms with van der Waals surface area (Å²) in [5.41, 5.74) is -4.13. The van der Waals surface area contributed by atoms with Crippen molar-refractivity contribution in [3.05, 3.63) is 64.5 Å². The third-order valence-electron chi connectivity index (χ3n) is 6.11. The topological polar surface area (TPSA) is 109 Å². The Bertz CT molecular complexity index is 1620. The minimum Gasteiger partial charge on any atom is -0.309 e. The van der Waals surface area contributed by atoms with Crippen LogP contribution in [0.15, 0.2) is 30.3 Å². The van der Waals surface area contributed by atoms with Crippen molar-refractivity contribution >= 4 is 22.8 Å². The molecule has 4 aromatic rings. The summed E-state index contributed by atoms with van der Waals surface area (Å²) in [6.45, 7) is 1.95. The number of carbonyl (C=O) groups excluding carboxylic acids is 1. The van der Waals surface area contributed by atoms with Crippen molar-refractivity contribution in [2.75, 3.05) is 5.32 Å². The fraction of sp³-hybridized carbons (Fsp3) is 0.217. The Morgan fingerprint density at radius 3 is 2.53 bits per heavy atom. The summed E-state index contributed by atoms with van der Waals surface area (Å²) in [6.07, 6.45) is -5.03. The van der Waals surface area contributed by atoms with Crippen molar-refractivity contribution in [2.45, 2.75) is 32.0 Å². The molecule has 36 heavy (non-hydrogen) atoms.